The van der Waals surface area contributed by atoms with Gasteiger partial charge in [-0.25, -0.2) is 0 Å². The molecule has 3 fully saturated rings. The van der Waals surface area contributed by atoms with Gasteiger partial charge in [0.15, 0.2) is 0 Å². The zero-order chi connectivity index (χ0) is 20.8. The third kappa shape index (κ3) is 4.71. The summed E-state index contributed by atoms with van der Waals surface area (Å²) in [5.41, 5.74) is 3.00. The van der Waals surface area contributed by atoms with Crippen LogP contribution in [0, 0.1) is 0 Å². The Kier molecular flexibility index (Phi) is 6.25. The maximum atomic E-state index is 12.8. The van der Waals surface area contributed by atoms with E-state index >= 15 is 0 Å². The van der Waals surface area contributed by atoms with E-state index in [4.69, 9.17) is 4.74 Å². The van der Waals surface area contributed by atoms with Crippen LogP contribution in [0.25, 0.3) is 0 Å². The summed E-state index contributed by atoms with van der Waals surface area (Å²) in [7, 11) is 0. The summed E-state index contributed by atoms with van der Waals surface area (Å²) >= 11 is 0. The van der Waals surface area contributed by atoms with E-state index in [1.54, 1.807) is 6.07 Å². The minimum atomic E-state index is -4.68. The Morgan fingerprint density at radius 3 is 2.48 bits per heavy atom. The fraction of sp³-hybridized carbons (Fsp3) is 0.500. The second-order valence-corrected chi connectivity index (χ2v) is 8.79. The summed E-state index contributed by atoms with van der Waals surface area (Å²) in [4.78, 5) is 0. The zero-order valence-electron chi connectivity index (χ0n) is 17.2. The Morgan fingerprint density at radius 1 is 1.00 bits per heavy atom. The van der Waals surface area contributed by atoms with Crippen molar-refractivity contribution in [2.75, 3.05) is 13.2 Å². The number of hydrogen-bond donors (Lipinski definition) is 1. The highest BCUT2D eigenvalue weighted by Gasteiger charge is 2.49. The highest BCUT2D eigenvalue weighted by atomic mass is 35.5. The smallest absolute Gasteiger partial charge is 0.406 e. The van der Waals surface area contributed by atoms with Gasteiger partial charge in [0.05, 0.1) is 18.2 Å². The van der Waals surface area contributed by atoms with Gasteiger partial charge in [0, 0.05) is 5.92 Å². The van der Waals surface area contributed by atoms with Crippen LogP contribution in [0.2, 0.25) is 0 Å². The highest BCUT2D eigenvalue weighted by molar-refractivity contribution is 5.85. The van der Waals surface area contributed by atoms with E-state index in [-0.39, 0.29) is 35.7 Å². The molecule has 2 aliphatic heterocycles. The molecule has 3 nitrogen and oxygen atoms in total. The fourth-order valence-corrected chi connectivity index (χ4v) is 5.28. The van der Waals surface area contributed by atoms with E-state index < -0.39 is 6.36 Å². The van der Waals surface area contributed by atoms with Crippen LogP contribution in [0.1, 0.15) is 66.7 Å². The molecular formula is C24H27ClF3NO2. The summed E-state index contributed by atoms with van der Waals surface area (Å²) in [6.45, 7) is 1.47. The monoisotopic (exact) mass is 453 g/mol. The molecule has 0 amide bonds. The van der Waals surface area contributed by atoms with Crippen molar-refractivity contribution in [3.05, 3.63) is 65.2 Å². The second-order valence-electron chi connectivity index (χ2n) is 8.79. The summed E-state index contributed by atoms with van der Waals surface area (Å²) in [5, 5.41) is 3.63. The van der Waals surface area contributed by atoms with Crippen molar-refractivity contribution in [3.63, 3.8) is 0 Å². The van der Waals surface area contributed by atoms with Crippen molar-refractivity contribution < 1.29 is 22.6 Å². The van der Waals surface area contributed by atoms with Gasteiger partial charge in [0.1, 0.15) is 5.75 Å². The molecule has 1 spiro atoms. The zero-order valence-corrected chi connectivity index (χ0v) is 18.0. The lowest BCUT2D eigenvalue weighted by molar-refractivity contribution is -0.274. The van der Waals surface area contributed by atoms with Crippen molar-refractivity contribution in [1.29, 1.82) is 0 Å². The Balaban J connectivity index is 0.00000231. The van der Waals surface area contributed by atoms with Gasteiger partial charge in [-0.15, -0.1) is 25.6 Å². The molecule has 1 aliphatic carbocycles. The number of benzene rings is 2. The standard InChI is InChI=1S/C24H26F3NO2.ClH/c25-24(26,27)30-19-9-10-20(16-7-8-16)21(13-19)18-14-23(29-15-18)11-4-12-28-22(23)17-5-2-1-3-6-17;/h1-3,5-6,9-10,13,16,18,22,28H,4,7-8,11-12,14-15H2;1H/t18-,22-,23+;/m0./s1. The maximum Gasteiger partial charge on any atom is 0.573 e. The number of ether oxygens (including phenoxy) is 2. The molecule has 0 bridgehead atoms. The third-order valence-electron chi connectivity index (χ3n) is 6.70. The van der Waals surface area contributed by atoms with E-state index in [0.29, 0.717) is 12.5 Å². The Morgan fingerprint density at radius 2 is 1.77 bits per heavy atom. The minimum Gasteiger partial charge on any atom is -0.406 e. The predicted molar refractivity (Wildman–Crippen MR) is 115 cm³/mol. The van der Waals surface area contributed by atoms with Crippen molar-refractivity contribution in [3.8, 4) is 5.75 Å². The molecule has 2 aromatic carbocycles. The van der Waals surface area contributed by atoms with Crippen LogP contribution in [-0.4, -0.2) is 25.1 Å². The van der Waals surface area contributed by atoms with Gasteiger partial charge in [-0.2, -0.15) is 0 Å². The second kappa shape index (κ2) is 8.64. The van der Waals surface area contributed by atoms with Crippen LogP contribution in [-0.2, 0) is 4.74 Å². The van der Waals surface area contributed by atoms with Crippen LogP contribution < -0.4 is 10.1 Å². The van der Waals surface area contributed by atoms with Gasteiger partial charge in [-0.3, -0.25) is 0 Å². The summed E-state index contributed by atoms with van der Waals surface area (Å²) in [5.74, 6) is 0.388. The lowest BCUT2D eigenvalue weighted by atomic mass is 9.76. The highest BCUT2D eigenvalue weighted by Crippen LogP contribution is 2.51. The predicted octanol–water partition coefficient (Wildman–Crippen LogP) is 6.25. The van der Waals surface area contributed by atoms with Crippen molar-refractivity contribution in [2.45, 2.75) is 61.9 Å². The van der Waals surface area contributed by atoms with Crippen LogP contribution in [0.5, 0.6) is 5.75 Å². The van der Waals surface area contributed by atoms with Crippen LogP contribution >= 0.6 is 12.4 Å². The maximum absolute atomic E-state index is 12.8. The quantitative estimate of drug-likeness (QED) is 0.593. The molecule has 31 heavy (non-hydrogen) atoms. The molecule has 7 heteroatoms. The molecular weight excluding hydrogens is 427 g/mol. The number of rotatable bonds is 4. The number of alkyl halides is 3. The molecule has 0 aromatic heterocycles. The molecule has 3 atom stereocenters. The summed E-state index contributed by atoms with van der Waals surface area (Å²) < 4.78 is 49.1. The average Bonchev–Trinajstić information content (AvgIpc) is 3.49. The fourth-order valence-electron chi connectivity index (χ4n) is 5.28. The first kappa shape index (κ1) is 22.4. The normalized spacial score (nSPS) is 28.4. The van der Waals surface area contributed by atoms with E-state index in [0.717, 1.165) is 49.8 Å². The lowest BCUT2D eigenvalue weighted by Gasteiger charge is -2.41. The van der Waals surface area contributed by atoms with Crippen molar-refractivity contribution >= 4 is 12.4 Å². The molecule has 5 rings (SSSR count). The van der Waals surface area contributed by atoms with Gasteiger partial charge in [0.2, 0.25) is 0 Å². The first-order valence-corrected chi connectivity index (χ1v) is 10.8. The number of nitrogens with one attached hydrogen (secondary N) is 1. The van der Waals surface area contributed by atoms with Crippen molar-refractivity contribution in [1.82, 2.24) is 5.32 Å². The van der Waals surface area contributed by atoms with Gasteiger partial charge in [-0.1, -0.05) is 36.4 Å². The molecule has 2 saturated heterocycles. The topological polar surface area (TPSA) is 30.5 Å². The Bertz CT molecular complexity index is 903. The molecule has 2 heterocycles. The summed E-state index contributed by atoms with van der Waals surface area (Å²) in [6, 6.07) is 15.3. The average molecular weight is 454 g/mol. The number of piperidine rings is 1. The van der Waals surface area contributed by atoms with Gasteiger partial charge >= 0.3 is 6.36 Å². The van der Waals surface area contributed by atoms with Gasteiger partial charge in [-0.05, 0) is 73.4 Å². The van der Waals surface area contributed by atoms with Crippen LogP contribution in [0.4, 0.5) is 13.2 Å². The molecule has 3 aliphatic rings. The van der Waals surface area contributed by atoms with Crippen LogP contribution in [0.15, 0.2) is 48.5 Å². The molecule has 2 aromatic rings. The molecule has 1 saturated carbocycles. The number of halogens is 4. The van der Waals surface area contributed by atoms with E-state index in [1.807, 2.05) is 24.3 Å². The van der Waals surface area contributed by atoms with E-state index in [1.165, 1.54) is 11.6 Å². The lowest BCUT2D eigenvalue weighted by Crippen LogP contribution is -2.48. The largest absolute Gasteiger partial charge is 0.573 e. The summed E-state index contributed by atoms with van der Waals surface area (Å²) in [6.07, 6.45) is 0.293. The first-order chi connectivity index (χ1) is 14.4. The Hall–Kier alpha value is -1.76. The first-order valence-electron chi connectivity index (χ1n) is 10.8. The van der Waals surface area contributed by atoms with Crippen molar-refractivity contribution in [2.24, 2.45) is 0 Å². The SMILES string of the molecule is Cl.FC(F)(F)Oc1ccc(C2CC2)c([C@@H]2CO[C@]3(CCCN[C@H]3c3ccccc3)C2)c1. The van der Waals surface area contributed by atoms with Crippen LogP contribution in [0.3, 0.4) is 0 Å². The van der Waals surface area contributed by atoms with Gasteiger partial charge in [0.25, 0.3) is 0 Å². The van der Waals surface area contributed by atoms with E-state index in [2.05, 4.69) is 22.2 Å². The molecule has 0 unspecified atom stereocenters. The molecule has 1 N–H and O–H groups in total. The third-order valence-corrected chi connectivity index (χ3v) is 6.70. The Labute approximate surface area is 186 Å². The number of hydrogen-bond acceptors (Lipinski definition) is 3. The van der Waals surface area contributed by atoms with Gasteiger partial charge < -0.3 is 14.8 Å². The minimum absolute atomic E-state index is 0. The van der Waals surface area contributed by atoms with E-state index in [9.17, 15) is 13.2 Å². The molecule has 0 radical (unpaired) electrons. The molecule has 168 valence electrons.